The molecule has 82 valence electrons. The quantitative estimate of drug-likeness (QED) is 0.775. The van der Waals surface area contributed by atoms with Gasteiger partial charge in [-0.15, -0.1) is 11.6 Å². The van der Waals surface area contributed by atoms with E-state index >= 15 is 0 Å². The number of amides is 1. The molecule has 0 bridgehead atoms. The number of aromatic nitrogens is 2. The largest absolute Gasteiger partial charge is 0.346 e. The Balaban J connectivity index is 1.97. The van der Waals surface area contributed by atoms with Gasteiger partial charge < -0.3 is 5.32 Å². The number of hydrogen-bond donors (Lipinski definition) is 1. The predicted octanol–water partition coefficient (Wildman–Crippen LogP) is 1.31. The van der Waals surface area contributed by atoms with Crippen molar-refractivity contribution < 1.29 is 4.79 Å². The van der Waals surface area contributed by atoms with Crippen molar-refractivity contribution in [1.29, 1.82) is 0 Å². The van der Waals surface area contributed by atoms with Gasteiger partial charge in [0.2, 0.25) is 0 Å². The molecule has 1 amide bonds. The normalized spacial score (nSPS) is 25.5. The summed E-state index contributed by atoms with van der Waals surface area (Å²) in [5.74, 6) is -0.131. The van der Waals surface area contributed by atoms with Gasteiger partial charge in [0.05, 0.1) is 5.38 Å². The number of carbonyl (C=O) groups is 1. The SMILES string of the molecule is Cn1ccc(C(=O)NC2CCCC2Cl)n1. The lowest BCUT2D eigenvalue weighted by Gasteiger charge is -2.14. The van der Waals surface area contributed by atoms with Crippen LogP contribution in [0.1, 0.15) is 29.8 Å². The molecule has 0 saturated heterocycles. The van der Waals surface area contributed by atoms with Crippen LogP contribution in [0.15, 0.2) is 12.3 Å². The smallest absolute Gasteiger partial charge is 0.272 e. The molecule has 1 saturated carbocycles. The van der Waals surface area contributed by atoms with Gasteiger partial charge >= 0.3 is 0 Å². The van der Waals surface area contributed by atoms with Crippen LogP contribution in [0.3, 0.4) is 0 Å². The first-order valence-corrected chi connectivity index (χ1v) is 5.55. The van der Waals surface area contributed by atoms with Crippen LogP contribution in [-0.4, -0.2) is 27.1 Å². The van der Waals surface area contributed by atoms with Gasteiger partial charge in [0.1, 0.15) is 5.69 Å². The molecule has 2 unspecified atom stereocenters. The Morgan fingerprint density at radius 1 is 1.67 bits per heavy atom. The average Bonchev–Trinajstić information content (AvgIpc) is 2.77. The zero-order chi connectivity index (χ0) is 10.8. The van der Waals surface area contributed by atoms with Crippen molar-refractivity contribution in [3.05, 3.63) is 18.0 Å². The minimum absolute atomic E-state index is 0.0673. The third-order valence-electron chi connectivity index (χ3n) is 2.69. The molecule has 1 heterocycles. The first-order valence-electron chi connectivity index (χ1n) is 5.11. The van der Waals surface area contributed by atoms with Crippen LogP contribution in [0, 0.1) is 0 Å². The molecular formula is C10H14ClN3O. The molecule has 1 N–H and O–H groups in total. The third kappa shape index (κ3) is 2.31. The number of aryl methyl sites for hydroxylation is 1. The summed E-state index contributed by atoms with van der Waals surface area (Å²) in [7, 11) is 1.79. The van der Waals surface area contributed by atoms with Gasteiger partial charge in [-0.05, 0) is 25.3 Å². The molecule has 2 rings (SSSR count). The Morgan fingerprint density at radius 2 is 2.47 bits per heavy atom. The van der Waals surface area contributed by atoms with Crippen molar-refractivity contribution in [3.8, 4) is 0 Å². The fraction of sp³-hybridized carbons (Fsp3) is 0.600. The molecule has 15 heavy (non-hydrogen) atoms. The topological polar surface area (TPSA) is 46.9 Å². The molecule has 0 aromatic carbocycles. The van der Waals surface area contributed by atoms with Crippen LogP contribution in [-0.2, 0) is 7.05 Å². The van der Waals surface area contributed by atoms with Gasteiger partial charge in [-0.3, -0.25) is 9.48 Å². The molecule has 1 fully saturated rings. The van der Waals surface area contributed by atoms with Crippen LogP contribution in [0.4, 0.5) is 0 Å². The molecule has 5 heteroatoms. The zero-order valence-corrected chi connectivity index (χ0v) is 9.37. The number of nitrogens with one attached hydrogen (secondary N) is 1. The molecule has 1 aromatic rings. The highest BCUT2D eigenvalue weighted by molar-refractivity contribution is 6.21. The summed E-state index contributed by atoms with van der Waals surface area (Å²) in [6.07, 6.45) is 4.78. The fourth-order valence-electron chi connectivity index (χ4n) is 1.86. The van der Waals surface area contributed by atoms with E-state index in [4.69, 9.17) is 11.6 Å². The summed E-state index contributed by atoms with van der Waals surface area (Å²) in [4.78, 5) is 11.7. The summed E-state index contributed by atoms with van der Waals surface area (Å²) in [6, 6.07) is 1.80. The monoisotopic (exact) mass is 227 g/mol. The van der Waals surface area contributed by atoms with E-state index in [1.54, 1.807) is 24.0 Å². The minimum Gasteiger partial charge on any atom is -0.346 e. The van der Waals surface area contributed by atoms with Crippen LogP contribution >= 0.6 is 11.6 Å². The molecule has 0 aliphatic heterocycles. The second kappa shape index (κ2) is 4.23. The average molecular weight is 228 g/mol. The predicted molar refractivity (Wildman–Crippen MR) is 58.0 cm³/mol. The second-order valence-electron chi connectivity index (χ2n) is 3.90. The van der Waals surface area contributed by atoms with E-state index < -0.39 is 0 Å². The van der Waals surface area contributed by atoms with Crippen LogP contribution < -0.4 is 5.32 Å². The summed E-state index contributed by atoms with van der Waals surface area (Å²) in [5, 5.41) is 7.02. The van der Waals surface area contributed by atoms with Crippen molar-refractivity contribution >= 4 is 17.5 Å². The lowest BCUT2D eigenvalue weighted by Crippen LogP contribution is -2.38. The van der Waals surface area contributed by atoms with Gasteiger partial charge in [-0.2, -0.15) is 5.10 Å². The maximum absolute atomic E-state index is 11.7. The summed E-state index contributed by atoms with van der Waals surface area (Å²) < 4.78 is 1.61. The Bertz CT molecular complexity index is 363. The van der Waals surface area contributed by atoms with Crippen molar-refractivity contribution in [2.45, 2.75) is 30.7 Å². The first kappa shape index (κ1) is 10.5. The summed E-state index contributed by atoms with van der Waals surface area (Å²) in [6.45, 7) is 0. The van der Waals surface area contributed by atoms with E-state index in [-0.39, 0.29) is 17.3 Å². The highest BCUT2D eigenvalue weighted by atomic mass is 35.5. The molecule has 2 atom stereocenters. The van der Waals surface area contributed by atoms with E-state index in [9.17, 15) is 4.79 Å². The summed E-state index contributed by atoms with van der Waals surface area (Å²) >= 11 is 6.07. The Kier molecular flexibility index (Phi) is 2.95. The lowest BCUT2D eigenvalue weighted by molar-refractivity contribution is 0.0932. The van der Waals surface area contributed by atoms with Gasteiger partial charge in [0, 0.05) is 19.3 Å². The van der Waals surface area contributed by atoms with E-state index in [1.807, 2.05) is 0 Å². The zero-order valence-electron chi connectivity index (χ0n) is 8.61. The van der Waals surface area contributed by atoms with E-state index in [2.05, 4.69) is 10.4 Å². The number of hydrogen-bond acceptors (Lipinski definition) is 2. The maximum Gasteiger partial charge on any atom is 0.272 e. The third-order valence-corrected chi connectivity index (χ3v) is 3.22. The number of carbonyl (C=O) groups excluding carboxylic acids is 1. The highest BCUT2D eigenvalue weighted by Gasteiger charge is 2.27. The van der Waals surface area contributed by atoms with Gasteiger partial charge in [-0.1, -0.05) is 0 Å². The van der Waals surface area contributed by atoms with Gasteiger partial charge in [0.15, 0.2) is 0 Å². The fourth-order valence-corrected chi connectivity index (χ4v) is 2.20. The van der Waals surface area contributed by atoms with Crippen LogP contribution in [0.2, 0.25) is 0 Å². The summed E-state index contributed by atoms with van der Waals surface area (Å²) in [5.41, 5.74) is 0.452. The van der Waals surface area contributed by atoms with Crippen molar-refractivity contribution in [2.75, 3.05) is 0 Å². The second-order valence-corrected chi connectivity index (χ2v) is 4.46. The Labute approximate surface area is 93.6 Å². The van der Waals surface area contributed by atoms with Gasteiger partial charge in [-0.25, -0.2) is 0 Å². The Morgan fingerprint density at radius 3 is 3.00 bits per heavy atom. The first-order chi connectivity index (χ1) is 7.16. The molecule has 1 aromatic heterocycles. The molecule has 0 radical (unpaired) electrons. The molecular weight excluding hydrogens is 214 g/mol. The van der Waals surface area contributed by atoms with E-state index in [0.29, 0.717) is 5.69 Å². The number of rotatable bonds is 2. The standard InChI is InChI=1S/C10H14ClN3O/c1-14-6-5-9(13-14)10(15)12-8-4-2-3-7(8)11/h5-8H,2-4H2,1H3,(H,12,15). The minimum atomic E-state index is -0.131. The van der Waals surface area contributed by atoms with Crippen LogP contribution in [0.25, 0.3) is 0 Å². The number of alkyl halides is 1. The maximum atomic E-state index is 11.7. The lowest BCUT2D eigenvalue weighted by atomic mass is 10.2. The van der Waals surface area contributed by atoms with Crippen molar-refractivity contribution in [1.82, 2.24) is 15.1 Å². The van der Waals surface area contributed by atoms with E-state index in [1.165, 1.54) is 0 Å². The Hall–Kier alpha value is -1.03. The highest BCUT2D eigenvalue weighted by Crippen LogP contribution is 2.24. The molecule has 1 aliphatic rings. The number of nitrogens with zero attached hydrogens (tertiary/aromatic N) is 2. The van der Waals surface area contributed by atoms with Gasteiger partial charge in [0.25, 0.3) is 5.91 Å². The molecule has 0 spiro atoms. The van der Waals surface area contributed by atoms with Crippen molar-refractivity contribution in [3.63, 3.8) is 0 Å². The number of halogens is 1. The van der Waals surface area contributed by atoms with Crippen LogP contribution in [0.5, 0.6) is 0 Å². The molecule has 1 aliphatic carbocycles. The molecule has 4 nitrogen and oxygen atoms in total. The van der Waals surface area contributed by atoms with E-state index in [0.717, 1.165) is 19.3 Å². The van der Waals surface area contributed by atoms with Crippen molar-refractivity contribution in [2.24, 2.45) is 7.05 Å².